The van der Waals surface area contributed by atoms with Gasteiger partial charge in [-0.1, -0.05) is 5.16 Å². The van der Waals surface area contributed by atoms with Crippen molar-refractivity contribution < 1.29 is 10.0 Å². The normalized spacial score (nSPS) is 11.6. The summed E-state index contributed by atoms with van der Waals surface area (Å²) < 4.78 is 1.65. The number of amides is 1. The van der Waals surface area contributed by atoms with E-state index < -0.39 is 0 Å². The molecular formula is C10H17N5O2. The molecule has 17 heavy (non-hydrogen) atoms. The van der Waals surface area contributed by atoms with Crippen LogP contribution in [0.1, 0.15) is 21.7 Å². The highest BCUT2D eigenvalue weighted by molar-refractivity contribution is 5.98. The van der Waals surface area contributed by atoms with Crippen LogP contribution in [0, 0.1) is 13.8 Å². The Balaban J connectivity index is 2.97. The van der Waals surface area contributed by atoms with Crippen LogP contribution in [0.3, 0.4) is 0 Å². The van der Waals surface area contributed by atoms with Crippen LogP contribution >= 0.6 is 0 Å². The van der Waals surface area contributed by atoms with Crippen molar-refractivity contribution in [2.24, 2.45) is 17.9 Å². The first-order chi connectivity index (χ1) is 7.88. The Kier molecular flexibility index (Phi) is 3.72. The largest absolute Gasteiger partial charge is 0.409 e. The minimum Gasteiger partial charge on any atom is -0.409 e. The van der Waals surface area contributed by atoms with Crippen molar-refractivity contribution in [1.29, 1.82) is 0 Å². The molecule has 0 aromatic carbocycles. The van der Waals surface area contributed by atoms with Gasteiger partial charge in [-0.05, 0) is 13.8 Å². The van der Waals surface area contributed by atoms with Crippen molar-refractivity contribution in [3.8, 4) is 0 Å². The Morgan fingerprint density at radius 2 is 2.18 bits per heavy atom. The number of hydrogen-bond acceptors (Lipinski definition) is 4. The van der Waals surface area contributed by atoms with E-state index in [2.05, 4.69) is 10.3 Å². The van der Waals surface area contributed by atoms with Gasteiger partial charge in [-0.15, -0.1) is 0 Å². The van der Waals surface area contributed by atoms with E-state index in [1.54, 1.807) is 25.7 Å². The Hall–Kier alpha value is -2.05. The van der Waals surface area contributed by atoms with Crippen molar-refractivity contribution in [2.75, 3.05) is 13.6 Å². The van der Waals surface area contributed by atoms with Crippen LogP contribution in [0.25, 0.3) is 0 Å². The van der Waals surface area contributed by atoms with Gasteiger partial charge in [0.2, 0.25) is 0 Å². The van der Waals surface area contributed by atoms with Crippen molar-refractivity contribution in [3.05, 3.63) is 17.0 Å². The molecule has 0 saturated heterocycles. The number of aryl methyl sites for hydroxylation is 2. The van der Waals surface area contributed by atoms with Gasteiger partial charge in [0.05, 0.1) is 17.8 Å². The van der Waals surface area contributed by atoms with Gasteiger partial charge in [0.15, 0.2) is 5.84 Å². The van der Waals surface area contributed by atoms with E-state index in [9.17, 15) is 4.79 Å². The van der Waals surface area contributed by atoms with Crippen molar-refractivity contribution >= 4 is 11.7 Å². The zero-order valence-electron chi connectivity index (χ0n) is 10.4. The van der Waals surface area contributed by atoms with Gasteiger partial charge in [-0.2, -0.15) is 5.10 Å². The third kappa shape index (κ3) is 2.55. The van der Waals surface area contributed by atoms with Crippen molar-refractivity contribution in [1.82, 2.24) is 14.7 Å². The van der Waals surface area contributed by atoms with Crippen molar-refractivity contribution in [2.45, 2.75) is 13.8 Å². The van der Waals surface area contributed by atoms with Crippen LogP contribution in [-0.4, -0.2) is 45.2 Å². The molecule has 1 aromatic heterocycles. The predicted molar refractivity (Wildman–Crippen MR) is 63.1 cm³/mol. The minimum atomic E-state index is -0.195. The maximum absolute atomic E-state index is 12.1. The summed E-state index contributed by atoms with van der Waals surface area (Å²) >= 11 is 0. The molecule has 0 aliphatic heterocycles. The van der Waals surface area contributed by atoms with Gasteiger partial charge in [0.25, 0.3) is 5.91 Å². The SMILES string of the molecule is Cc1nn(C)c(C)c1C(=O)N(C)CC(N)=NO. The maximum Gasteiger partial charge on any atom is 0.257 e. The topological polar surface area (TPSA) is 96.7 Å². The van der Waals surface area contributed by atoms with Gasteiger partial charge >= 0.3 is 0 Å². The lowest BCUT2D eigenvalue weighted by Gasteiger charge is -2.16. The smallest absolute Gasteiger partial charge is 0.257 e. The van der Waals surface area contributed by atoms with Crippen LogP contribution < -0.4 is 5.73 Å². The summed E-state index contributed by atoms with van der Waals surface area (Å²) in [6.07, 6.45) is 0. The second kappa shape index (κ2) is 4.86. The molecule has 1 rings (SSSR count). The first-order valence-corrected chi connectivity index (χ1v) is 5.10. The summed E-state index contributed by atoms with van der Waals surface area (Å²) in [6.45, 7) is 3.67. The number of aromatic nitrogens is 2. The summed E-state index contributed by atoms with van der Waals surface area (Å²) in [7, 11) is 3.37. The van der Waals surface area contributed by atoms with Gasteiger partial charge in [0.1, 0.15) is 0 Å². The number of rotatable bonds is 3. The zero-order valence-corrected chi connectivity index (χ0v) is 10.4. The second-order valence-electron chi connectivity index (χ2n) is 3.92. The molecule has 1 aromatic rings. The summed E-state index contributed by atoms with van der Waals surface area (Å²) in [4.78, 5) is 13.5. The number of oxime groups is 1. The number of amidine groups is 1. The monoisotopic (exact) mass is 239 g/mol. The van der Waals surface area contributed by atoms with E-state index in [0.717, 1.165) is 5.69 Å². The molecule has 7 heteroatoms. The molecule has 0 atom stereocenters. The average molecular weight is 239 g/mol. The van der Waals surface area contributed by atoms with E-state index in [1.807, 2.05) is 6.92 Å². The Bertz CT molecular complexity index is 464. The van der Waals surface area contributed by atoms with Crippen LogP contribution in [0.2, 0.25) is 0 Å². The molecule has 0 spiro atoms. The fraction of sp³-hybridized carbons (Fsp3) is 0.500. The lowest BCUT2D eigenvalue weighted by Crippen LogP contribution is -2.36. The Morgan fingerprint density at radius 3 is 2.59 bits per heavy atom. The molecule has 7 nitrogen and oxygen atoms in total. The van der Waals surface area contributed by atoms with Crippen LogP contribution in [0.15, 0.2) is 5.16 Å². The molecule has 3 N–H and O–H groups in total. The van der Waals surface area contributed by atoms with Gasteiger partial charge in [0, 0.05) is 19.8 Å². The number of hydrogen-bond donors (Lipinski definition) is 2. The van der Waals surface area contributed by atoms with Gasteiger partial charge in [-0.3, -0.25) is 9.48 Å². The molecule has 0 bridgehead atoms. The lowest BCUT2D eigenvalue weighted by atomic mass is 10.1. The molecule has 1 amide bonds. The van der Waals surface area contributed by atoms with E-state index in [0.29, 0.717) is 11.3 Å². The predicted octanol–water partition coefficient (Wildman–Crippen LogP) is -0.145. The standard InChI is InChI=1S/C10H17N5O2/c1-6-9(7(2)15(4)12-6)10(16)14(3)5-8(11)13-17/h17H,5H2,1-4H3,(H2,11,13). The lowest BCUT2D eigenvalue weighted by molar-refractivity contribution is 0.0812. The highest BCUT2D eigenvalue weighted by Gasteiger charge is 2.21. The fourth-order valence-corrected chi connectivity index (χ4v) is 1.62. The summed E-state index contributed by atoms with van der Waals surface area (Å²) in [5.74, 6) is -0.209. The number of likely N-dealkylation sites (N-methyl/N-ethyl adjacent to an activating group) is 1. The average Bonchev–Trinajstić information content (AvgIpc) is 2.52. The van der Waals surface area contributed by atoms with Gasteiger partial charge in [-0.25, -0.2) is 0 Å². The van der Waals surface area contributed by atoms with E-state index in [-0.39, 0.29) is 18.3 Å². The molecule has 94 valence electrons. The van der Waals surface area contributed by atoms with Crippen LogP contribution in [0.4, 0.5) is 0 Å². The molecule has 0 fully saturated rings. The summed E-state index contributed by atoms with van der Waals surface area (Å²) in [5.41, 5.74) is 7.37. The molecular weight excluding hydrogens is 222 g/mol. The number of carbonyl (C=O) groups is 1. The first kappa shape index (κ1) is 13.0. The highest BCUT2D eigenvalue weighted by atomic mass is 16.4. The van der Waals surface area contributed by atoms with E-state index in [4.69, 9.17) is 10.9 Å². The van der Waals surface area contributed by atoms with E-state index >= 15 is 0 Å². The first-order valence-electron chi connectivity index (χ1n) is 5.10. The molecule has 1 heterocycles. The van der Waals surface area contributed by atoms with E-state index in [1.165, 1.54) is 4.90 Å². The van der Waals surface area contributed by atoms with Gasteiger partial charge < -0.3 is 15.8 Å². The summed E-state index contributed by atoms with van der Waals surface area (Å²) in [6, 6.07) is 0. The molecule has 0 unspecified atom stereocenters. The van der Waals surface area contributed by atoms with Crippen LogP contribution in [-0.2, 0) is 7.05 Å². The molecule has 0 aliphatic rings. The second-order valence-corrected chi connectivity index (χ2v) is 3.92. The number of nitrogens with two attached hydrogens (primary N) is 1. The minimum absolute atomic E-state index is 0.0138. The van der Waals surface area contributed by atoms with Crippen LogP contribution in [0.5, 0.6) is 0 Å². The number of nitrogens with zero attached hydrogens (tertiary/aromatic N) is 4. The third-order valence-corrected chi connectivity index (χ3v) is 2.60. The molecule has 0 radical (unpaired) electrons. The maximum atomic E-state index is 12.1. The zero-order chi connectivity index (χ0) is 13.2. The third-order valence-electron chi connectivity index (χ3n) is 2.60. The molecule has 0 aliphatic carbocycles. The fourth-order valence-electron chi connectivity index (χ4n) is 1.62. The highest BCUT2D eigenvalue weighted by Crippen LogP contribution is 2.13. The Morgan fingerprint density at radius 1 is 1.59 bits per heavy atom. The Labute approximate surface area is 99.5 Å². The van der Waals surface area contributed by atoms with Crippen molar-refractivity contribution in [3.63, 3.8) is 0 Å². The quantitative estimate of drug-likeness (QED) is 0.332. The molecule has 0 saturated carbocycles. The summed E-state index contributed by atoms with van der Waals surface area (Å²) in [5, 5.41) is 15.5. The number of carbonyl (C=O) groups excluding carboxylic acids is 1.